The molecule has 0 unspecified atom stereocenters. The fourth-order valence-corrected chi connectivity index (χ4v) is 5.70. The summed E-state index contributed by atoms with van der Waals surface area (Å²) in [5.74, 6) is 2.95. The largest absolute Gasteiger partial charge is 0.508 e. The smallest absolute Gasteiger partial charge is 0.229 e. The number of phenols is 1. The van der Waals surface area contributed by atoms with Gasteiger partial charge in [0.1, 0.15) is 23.2 Å². The molecule has 9 aromatic rings. The van der Waals surface area contributed by atoms with Crippen molar-refractivity contribution in [1.29, 1.82) is 0 Å². The third kappa shape index (κ3) is 9.34. The molecular formula is C43H39N13O. The van der Waals surface area contributed by atoms with Crippen molar-refractivity contribution in [2.45, 2.75) is 13.8 Å². The molecule has 4 heterocycles. The molecular weight excluding hydrogens is 715 g/mol. The summed E-state index contributed by atoms with van der Waals surface area (Å²) < 4.78 is 0. The van der Waals surface area contributed by atoms with E-state index in [1.807, 2.05) is 97.1 Å². The number of nitrogen functional groups attached to an aromatic ring is 3. The van der Waals surface area contributed by atoms with Gasteiger partial charge < -0.3 is 38.3 Å². The maximum Gasteiger partial charge on any atom is 0.229 e. The van der Waals surface area contributed by atoms with Crippen LogP contribution in [0.25, 0.3) is 32.7 Å². The first-order valence-corrected chi connectivity index (χ1v) is 17.8. The minimum absolute atomic E-state index is 0.179. The standard InChI is InChI=1S/C16H16N4.C14H12N4O.C13H11N5/c1-10-7-8-12(9-11(10)2)18-16-19-14-6-4-3-5-13(14)15(17)20-16;15-13-11-6-1-2-7-12(11)17-14(18-13)16-9-4-3-5-10(19)8-9;14-12-10-5-1-2-6-11(10)17-13(18-12)16-9-4-3-7-15-8-9/h3-9H,1-2H3,(H3,17,18,19,20);1-8,19H,(H3,15,16,17,18);1-8H,(H3,14,16,17,18). The van der Waals surface area contributed by atoms with E-state index in [2.05, 4.69) is 76.8 Å². The number of aromatic hydroxyl groups is 1. The van der Waals surface area contributed by atoms with Crippen molar-refractivity contribution in [3.05, 3.63) is 151 Å². The second-order valence-corrected chi connectivity index (χ2v) is 12.8. The number of hydrogen-bond donors (Lipinski definition) is 7. The summed E-state index contributed by atoms with van der Waals surface area (Å²) in [6.07, 6.45) is 3.41. The quantitative estimate of drug-likeness (QED) is 0.0844. The molecule has 14 heteroatoms. The molecule has 282 valence electrons. The van der Waals surface area contributed by atoms with Gasteiger partial charge in [-0.1, -0.05) is 48.5 Å². The van der Waals surface area contributed by atoms with Gasteiger partial charge >= 0.3 is 0 Å². The van der Waals surface area contributed by atoms with E-state index in [1.54, 1.807) is 30.6 Å². The van der Waals surface area contributed by atoms with Gasteiger partial charge in [0.05, 0.1) is 28.4 Å². The van der Waals surface area contributed by atoms with Crippen LogP contribution in [0.15, 0.2) is 140 Å². The molecule has 0 aliphatic heterocycles. The van der Waals surface area contributed by atoms with Crippen LogP contribution < -0.4 is 33.2 Å². The van der Waals surface area contributed by atoms with Crippen LogP contribution in [-0.2, 0) is 0 Å². The van der Waals surface area contributed by atoms with Crippen molar-refractivity contribution >= 4 is 85.1 Å². The molecule has 0 saturated heterocycles. The van der Waals surface area contributed by atoms with Crippen molar-refractivity contribution in [2.24, 2.45) is 0 Å². The number of hydrogen-bond acceptors (Lipinski definition) is 14. The van der Waals surface area contributed by atoms with E-state index in [9.17, 15) is 5.11 Å². The Hall–Kier alpha value is -8.13. The molecule has 10 N–H and O–H groups in total. The number of nitrogens with zero attached hydrogens (tertiary/aromatic N) is 7. The molecule has 0 bridgehead atoms. The van der Waals surface area contributed by atoms with Crippen molar-refractivity contribution in [1.82, 2.24) is 34.9 Å². The summed E-state index contributed by atoms with van der Waals surface area (Å²) in [6, 6.07) is 39.5. The highest BCUT2D eigenvalue weighted by Crippen LogP contribution is 2.25. The van der Waals surface area contributed by atoms with E-state index >= 15 is 0 Å². The molecule has 0 saturated carbocycles. The molecule has 0 amide bonds. The van der Waals surface area contributed by atoms with Crippen molar-refractivity contribution in [3.8, 4) is 5.75 Å². The lowest BCUT2D eigenvalue weighted by Crippen LogP contribution is -2.01. The van der Waals surface area contributed by atoms with Crippen molar-refractivity contribution < 1.29 is 5.11 Å². The number of aryl methyl sites for hydroxylation is 2. The number of anilines is 9. The van der Waals surface area contributed by atoms with Gasteiger partial charge in [-0.25, -0.2) is 15.0 Å². The maximum absolute atomic E-state index is 9.41. The Balaban J connectivity index is 0.000000131. The number of benzene rings is 5. The minimum Gasteiger partial charge on any atom is -0.508 e. The molecule has 0 spiro atoms. The Morgan fingerprint density at radius 1 is 0.439 bits per heavy atom. The Labute approximate surface area is 328 Å². The maximum atomic E-state index is 9.41. The Morgan fingerprint density at radius 3 is 1.35 bits per heavy atom. The van der Waals surface area contributed by atoms with Crippen LogP contribution in [-0.4, -0.2) is 40.0 Å². The lowest BCUT2D eigenvalue weighted by molar-refractivity contribution is 0.475. The lowest BCUT2D eigenvalue weighted by Gasteiger charge is -2.09. The first kappa shape index (κ1) is 37.2. The Morgan fingerprint density at radius 2 is 0.895 bits per heavy atom. The molecule has 9 rings (SSSR count). The van der Waals surface area contributed by atoms with E-state index < -0.39 is 0 Å². The van der Waals surface area contributed by atoms with Crippen molar-refractivity contribution in [3.63, 3.8) is 0 Å². The van der Waals surface area contributed by atoms with Gasteiger partial charge in [-0.2, -0.15) is 15.0 Å². The van der Waals surface area contributed by atoms with Gasteiger partial charge in [-0.15, -0.1) is 0 Å². The van der Waals surface area contributed by atoms with Gasteiger partial charge in [-0.05, 0) is 97.8 Å². The van der Waals surface area contributed by atoms with Crippen LogP contribution >= 0.6 is 0 Å². The normalized spacial score (nSPS) is 10.6. The number of aromatic nitrogens is 7. The number of fused-ring (bicyclic) bond motifs is 3. The molecule has 0 atom stereocenters. The summed E-state index contributed by atoms with van der Waals surface area (Å²) in [4.78, 5) is 30.0. The highest BCUT2D eigenvalue weighted by molar-refractivity contribution is 5.90. The number of pyridine rings is 1. The second-order valence-electron chi connectivity index (χ2n) is 12.8. The van der Waals surface area contributed by atoms with Crippen LogP contribution in [0, 0.1) is 13.8 Å². The molecule has 0 fully saturated rings. The van der Waals surface area contributed by atoms with E-state index in [0.717, 1.165) is 44.1 Å². The van der Waals surface area contributed by atoms with Crippen LogP contribution in [0.4, 0.5) is 52.4 Å². The summed E-state index contributed by atoms with van der Waals surface area (Å²) in [5.41, 5.74) is 25.2. The summed E-state index contributed by atoms with van der Waals surface area (Å²) in [7, 11) is 0. The van der Waals surface area contributed by atoms with Crippen LogP contribution in [0.5, 0.6) is 5.75 Å². The van der Waals surface area contributed by atoms with Gasteiger partial charge in [0, 0.05) is 39.8 Å². The first-order valence-electron chi connectivity index (χ1n) is 17.8. The molecule has 0 aliphatic carbocycles. The fourth-order valence-electron chi connectivity index (χ4n) is 5.70. The minimum atomic E-state index is 0.179. The average molecular weight is 754 g/mol. The third-order valence-corrected chi connectivity index (χ3v) is 8.68. The van der Waals surface area contributed by atoms with Gasteiger partial charge in [-0.3, -0.25) is 4.98 Å². The van der Waals surface area contributed by atoms with E-state index in [4.69, 9.17) is 17.2 Å². The van der Waals surface area contributed by atoms with E-state index in [-0.39, 0.29) is 5.75 Å². The number of rotatable bonds is 6. The fraction of sp³-hybridized carbons (Fsp3) is 0.0465. The number of nitrogens with two attached hydrogens (primary N) is 3. The zero-order chi connectivity index (χ0) is 39.7. The van der Waals surface area contributed by atoms with E-state index in [0.29, 0.717) is 41.0 Å². The van der Waals surface area contributed by atoms with Crippen LogP contribution in [0.3, 0.4) is 0 Å². The Bertz CT molecular complexity index is 2820. The number of nitrogens with one attached hydrogen (secondary N) is 3. The molecule has 14 nitrogen and oxygen atoms in total. The van der Waals surface area contributed by atoms with Crippen LogP contribution in [0.1, 0.15) is 11.1 Å². The third-order valence-electron chi connectivity index (χ3n) is 8.68. The molecule has 4 aromatic heterocycles. The predicted molar refractivity (Wildman–Crippen MR) is 230 cm³/mol. The summed E-state index contributed by atoms with van der Waals surface area (Å²) in [5, 5.41) is 21.3. The zero-order valence-corrected chi connectivity index (χ0v) is 31.1. The average Bonchev–Trinajstić information content (AvgIpc) is 3.20. The van der Waals surface area contributed by atoms with Gasteiger partial charge in [0.2, 0.25) is 17.8 Å². The Kier molecular flexibility index (Phi) is 11.0. The summed E-state index contributed by atoms with van der Waals surface area (Å²) >= 11 is 0. The first-order chi connectivity index (χ1) is 27.7. The molecule has 0 radical (unpaired) electrons. The zero-order valence-electron chi connectivity index (χ0n) is 31.1. The number of phenolic OH excluding ortho intramolecular Hbond substituents is 1. The van der Waals surface area contributed by atoms with Gasteiger partial charge in [0.25, 0.3) is 0 Å². The topological polar surface area (TPSA) is 225 Å². The highest BCUT2D eigenvalue weighted by atomic mass is 16.3. The van der Waals surface area contributed by atoms with Crippen LogP contribution in [0.2, 0.25) is 0 Å². The molecule has 0 aliphatic rings. The van der Waals surface area contributed by atoms with E-state index in [1.165, 1.54) is 11.1 Å². The monoisotopic (exact) mass is 753 g/mol. The molecule has 57 heavy (non-hydrogen) atoms. The summed E-state index contributed by atoms with van der Waals surface area (Å²) in [6.45, 7) is 4.17. The molecule has 5 aromatic carbocycles. The predicted octanol–water partition coefficient (Wildman–Crippen LogP) is 8.58. The second kappa shape index (κ2) is 16.9. The highest BCUT2D eigenvalue weighted by Gasteiger charge is 2.08. The SMILES string of the molecule is Cc1ccc(Nc2nc(N)c3ccccc3n2)cc1C.Nc1nc(Nc2cccc(O)c2)nc2ccccc12.Nc1nc(Nc2cccnc2)nc2ccccc12. The number of para-hydroxylation sites is 3. The van der Waals surface area contributed by atoms with Crippen molar-refractivity contribution in [2.75, 3.05) is 33.2 Å². The lowest BCUT2D eigenvalue weighted by atomic mass is 10.1. The van der Waals surface area contributed by atoms with Gasteiger partial charge in [0.15, 0.2) is 0 Å².